The van der Waals surface area contributed by atoms with Crippen LogP contribution in [0.25, 0.3) is 21.5 Å². The molecule has 11 N–H and O–H groups in total. The Bertz CT molecular complexity index is 2900. The molecule has 6 unspecified atom stereocenters. The summed E-state index contributed by atoms with van der Waals surface area (Å²) in [4.78, 5) is 94.4. The molecule has 81 heavy (non-hydrogen) atoms. The SMILES string of the molecule is CCC(C)C(CN(CC(=O)NC(CCSC)C(=O)O)Cc1cccc2ccccc12)NC(=O)[C@@H](N)c1cnc[nH]1.CCC(C)C(CN(CC(=O)NC(CCSC)C(=O)OC)Cc1cccc2ccccc12)NC(=O)[C@@H](N)c1cnc[nH]1. The highest BCUT2D eigenvalue weighted by atomic mass is 32.2. The summed E-state index contributed by atoms with van der Waals surface area (Å²) in [6, 6.07) is 24.2. The number of amides is 4. The highest BCUT2D eigenvalue weighted by Crippen LogP contribution is 2.24. The van der Waals surface area contributed by atoms with Crippen LogP contribution in [0.1, 0.15) is 88.0 Å². The zero-order valence-electron chi connectivity index (χ0n) is 47.6. The number of nitrogens with one attached hydrogen (secondary N) is 6. The van der Waals surface area contributed by atoms with E-state index in [0.29, 0.717) is 61.9 Å². The summed E-state index contributed by atoms with van der Waals surface area (Å²) >= 11 is 3.13. The van der Waals surface area contributed by atoms with Gasteiger partial charge in [0.25, 0.3) is 0 Å². The smallest absolute Gasteiger partial charge is 0.328 e. The molecule has 8 atom stereocenters. The van der Waals surface area contributed by atoms with Gasteiger partial charge in [0.15, 0.2) is 0 Å². The molecule has 22 heteroatoms. The zero-order chi connectivity index (χ0) is 58.8. The van der Waals surface area contributed by atoms with Gasteiger partial charge in [0.05, 0.1) is 56.6 Å². The third-order valence-electron chi connectivity index (χ3n) is 14.5. The van der Waals surface area contributed by atoms with Crippen LogP contribution in [-0.4, -0.2) is 152 Å². The largest absolute Gasteiger partial charge is 0.480 e. The summed E-state index contributed by atoms with van der Waals surface area (Å²) < 4.78 is 4.92. The Morgan fingerprint density at radius 1 is 0.617 bits per heavy atom. The molecule has 2 aromatic heterocycles. The van der Waals surface area contributed by atoms with Gasteiger partial charge in [-0.25, -0.2) is 19.6 Å². The van der Waals surface area contributed by atoms with Crippen LogP contribution < -0.4 is 32.7 Å². The van der Waals surface area contributed by atoms with Crippen LogP contribution in [0.3, 0.4) is 0 Å². The molecule has 4 aromatic carbocycles. The van der Waals surface area contributed by atoms with E-state index in [1.807, 2.05) is 103 Å². The Morgan fingerprint density at radius 2 is 1.02 bits per heavy atom. The number of fused-ring (bicyclic) bond motifs is 2. The van der Waals surface area contributed by atoms with Gasteiger partial charge >= 0.3 is 11.9 Å². The van der Waals surface area contributed by atoms with E-state index in [4.69, 9.17) is 16.2 Å². The summed E-state index contributed by atoms with van der Waals surface area (Å²) in [6.45, 7) is 9.91. The fourth-order valence-electron chi connectivity index (χ4n) is 9.28. The quantitative estimate of drug-likeness (QED) is 0.0221. The van der Waals surface area contributed by atoms with Crippen molar-refractivity contribution in [2.24, 2.45) is 23.3 Å². The molecule has 0 saturated heterocycles. The van der Waals surface area contributed by atoms with Gasteiger partial charge in [0.1, 0.15) is 24.2 Å². The molecule has 0 radical (unpaired) electrons. The van der Waals surface area contributed by atoms with Crippen molar-refractivity contribution in [2.75, 3.05) is 57.3 Å². The summed E-state index contributed by atoms with van der Waals surface area (Å²) in [7, 11) is 1.32. The fourth-order valence-corrected chi connectivity index (χ4v) is 10.2. The number of carbonyl (C=O) groups excluding carboxylic acids is 5. The molecular formula is C59H82N12O8S2. The Kier molecular flexibility index (Phi) is 27.1. The number of hydrogen-bond acceptors (Lipinski definition) is 15. The van der Waals surface area contributed by atoms with Gasteiger partial charge in [-0.2, -0.15) is 23.5 Å². The van der Waals surface area contributed by atoms with Crippen molar-refractivity contribution in [3.05, 3.63) is 132 Å². The minimum atomic E-state index is -1.06. The van der Waals surface area contributed by atoms with E-state index in [1.54, 1.807) is 11.8 Å². The number of imidazole rings is 2. The topological polar surface area (TPSA) is 296 Å². The van der Waals surface area contributed by atoms with Crippen molar-refractivity contribution in [3.63, 3.8) is 0 Å². The van der Waals surface area contributed by atoms with E-state index in [1.165, 1.54) is 43.9 Å². The van der Waals surface area contributed by atoms with E-state index in [0.717, 1.165) is 45.5 Å². The maximum absolute atomic E-state index is 13.3. The minimum Gasteiger partial charge on any atom is -0.480 e. The molecule has 0 aliphatic heterocycles. The van der Waals surface area contributed by atoms with Crippen molar-refractivity contribution >= 4 is 80.6 Å². The molecule has 0 bridgehead atoms. The third kappa shape index (κ3) is 20.3. The second kappa shape index (κ2) is 33.8. The van der Waals surface area contributed by atoms with E-state index >= 15 is 0 Å². The predicted molar refractivity (Wildman–Crippen MR) is 322 cm³/mol. The number of nitrogens with zero attached hydrogens (tertiary/aromatic N) is 4. The molecule has 0 saturated carbocycles. The number of hydrogen-bond donors (Lipinski definition) is 9. The maximum Gasteiger partial charge on any atom is 0.328 e. The van der Waals surface area contributed by atoms with E-state index < -0.39 is 36.1 Å². The number of rotatable bonds is 32. The lowest BCUT2D eigenvalue weighted by atomic mass is 9.97. The number of ether oxygens (including phenoxy) is 1. The molecule has 0 aliphatic carbocycles. The molecule has 0 aliphatic rings. The molecule has 6 aromatic rings. The number of benzene rings is 4. The summed E-state index contributed by atoms with van der Waals surface area (Å²) in [6.07, 6.45) is 12.3. The Balaban J connectivity index is 0.000000297. The molecule has 2 heterocycles. The highest BCUT2D eigenvalue weighted by Gasteiger charge is 2.30. The molecule has 4 amide bonds. The van der Waals surface area contributed by atoms with Crippen LogP contribution in [0, 0.1) is 11.8 Å². The van der Waals surface area contributed by atoms with Gasteiger partial charge in [0, 0.05) is 38.3 Å². The first-order valence-corrected chi connectivity index (χ1v) is 30.1. The Labute approximate surface area is 483 Å². The van der Waals surface area contributed by atoms with Crippen LogP contribution in [0.4, 0.5) is 0 Å². The average Bonchev–Trinajstić information content (AvgIpc) is 4.24. The fraction of sp³-hybridized carbons (Fsp3) is 0.458. The van der Waals surface area contributed by atoms with E-state index in [2.05, 4.69) is 73.2 Å². The minimum absolute atomic E-state index is 0.0261. The number of nitrogens with two attached hydrogens (primary N) is 2. The summed E-state index contributed by atoms with van der Waals surface area (Å²) in [5, 5.41) is 25.7. The highest BCUT2D eigenvalue weighted by molar-refractivity contribution is 7.98. The van der Waals surface area contributed by atoms with Gasteiger partial charge in [-0.1, -0.05) is 125 Å². The number of thioether (sulfide) groups is 2. The average molecular weight is 1150 g/mol. The standard InChI is InChI=1S/C30H42N6O4S.C29H40N6O4S/c1-5-20(2)26(35-29(38)28(31)25-15-32-19-33-25)17-36(16-22-11-8-10-21-9-6-7-12-23(21)22)18-27(37)34-24(13-14-41-4)30(39)40-3;1-4-19(2)25(34-28(37)27(30)24-14-31-18-32-24)16-35(17-26(36)33-23(29(38)39)12-13-40-3)15-21-10-7-9-20-8-5-6-11-22(20)21/h6-12,15,19-20,24,26,28H,5,13-14,16-18,31H2,1-4H3,(H,32,33)(H,34,37)(H,35,38);5-11,14,18-19,23,25,27H,4,12-13,15-17,30H2,1-3H3,(H,31,32)(H,33,36)(H,34,37)(H,38,39)/t20?,24?,26?,28-;19?,23?,25?,27-/m00/s1. The first kappa shape index (κ1) is 65.0. The molecule has 0 spiro atoms. The van der Waals surface area contributed by atoms with Crippen molar-refractivity contribution in [2.45, 2.75) is 103 Å². The van der Waals surface area contributed by atoms with Gasteiger partial charge < -0.3 is 52.5 Å². The number of H-pyrrole nitrogens is 2. The first-order chi connectivity index (χ1) is 39.0. The van der Waals surface area contributed by atoms with Gasteiger partial charge in [0.2, 0.25) is 23.6 Å². The number of aliphatic carboxylic acids is 1. The van der Waals surface area contributed by atoms with Gasteiger partial charge in [-0.15, -0.1) is 0 Å². The molecule has 0 fully saturated rings. The Hall–Kier alpha value is -6.82. The molecular weight excluding hydrogens is 1070 g/mol. The van der Waals surface area contributed by atoms with E-state index in [-0.39, 0.29) is 60.6 Å². The number of carboxylic acid groups (broad SMARTS) is 1. The van der Waals surface area contributed by atoms with E-state index in [9.17, 15) is 33.9 Å². The summed E-state index contributed by atoms with van der Waals surface area (Å²) in [5.74, 6) is -1.33. The lowest BCUT2D eigenvalue weighted by Gasteiger charge is -2.32. The van der Waals surface area contributed by atoms with Crippen LogP contribution in [-0.2, 0) is 46.6 Å². The van der Waals surface area contributed by atoms with Gasteiger partial charge in [-0.05, 0) is 81.4 Å². The first-order valence-electron chi connectivity index (χ1n) is 27.3. The second-order valence-corrected chi connectivity index (χ2v) is 22.2. The zero-order valence-corrected chi connectivity index (χ0v) is 49.2. The number of esters is 1. The number of carboxylic acids is 1. The number of aromatic amines is 2. The van der Waals surface area contributed by atoms with Gasteiger partial charge in [-0.3, -0.25) is 29.0 Å². The lowest BCUT2D eigenvalue weighted by molar-refractivity contribution is -0.145. The lowest BCUT2D eigenvalue weighted by Crippen LogP contribution is -2.52. The maximum atomic E-state index is 13.3. The van der Waals surface area contributed by atoms with Crippen molar-refractivity contribution in [1.29, 1.82) is 0 Å². The van der Waals surface area contributed by atoms with Crippen LogP contribution >= 0.6 is 23.5 Å². The predicted octanol–water partition coefficient (Wildman–Crippen LogP) is 5.93. The third-order valence-corrected chi connectivity index (χ3v) is 15.7. The monoisotopic (exact) mass is 1150 g/mol. The van der Waals surface area contributed by atoms with Crippen molar-refractivity contribution in [3.8, 4) is 0 Å². The Morgan fingerprint density at radius 3 is 1.41 bits per heavy atom. The number of carbonyl (C=O) groups is 6. The number of aromatic nitrogens is 4. The second-order valence-electron chi connectivity index (χ2n) is 20.3. The van der Waals surface area contributed by atoms with Crippen molar-refractivity contribution in [1.82, 2.24) is 51.0 Å². The normalized spacial score (nSPS) is 14.4. The molecule has 438 valence electrons. The van der Waals surface area contributed by atoms with Crippen LogP contribution in [0.5, 0.6) is 0 Å². The number of methoxy groups -OCH3 is 1. The molecule has 6 rings (SSSR count). The van der Waals surface area contributed by atoms with Crippen molar-refractivity contribution < 1.29 is 38.6 Å². The van der Waals surface area contributed by atoms with Crippen LogP contribution in [0.15, 0.2) is 110 Å². The molecule has 20 nitrogen and oxygen atoms in total. The summed E-state index contributed by atoms with van der Waals surface area (Å²) in [5.41, 5.74) is 15.5. The van der Waals surface area contributed by atoms with Crippen LogP contribution in [0.2, 0.25) is 0 Å².